The minimum Gasteiger partial charge on any atom is -0.355 e. The summed E-state index contributed by atoms with van der Waals surface area (Å²) in [6.45, 7) is 4.11. The zero-order chi connectivity index (χ0) is 15.9. The van der Waals surface area contributed by atoms with Gasteiger partial charge in [0.2, 0.25) is 5.91 Å². The Labute approximate surface area is 143 Å². The highest BCUT2D eigenvalue weighted by molar-refractivity contribution is 5.95. The van der Waals surface area contributed by atoms with Crippen LogP contribution in [0, 0.1) is 5.92 Å². The van der Waals surface area contributed by atoms with Gasteiger partial charge in [0.25, 0.3) is 0 Å². The van der Waals surface area contributed by atoms with Crippen molar-refractivity contribution in [3.8, 4) is 0 Å². The maximum absolute atomic E-state index is 12.1. The number of rotatable bonds is 6. The Morgan fingerprint density at radius 3 is 2.26 bits per heavy atom. The molecule has 2 aromatic carbocycles. The van der Waals surface area contributed by atoms with Crippen LogP contribution in [0.3, 0.4) is 0 Å². The lowest BCUT2D eigenvalue weighted by molar-refractivity contribution is -0.117. The van der Waals surface area contributed by atoms with Crippen molar-refractivity contribution in [2.75, 3.05) is 10.6 Å². The molecule has 0 aliphatic rings. The summed E-state index contributed by atoms with van der Waals surface area (Å²) in [5.74, 6) is 0.248. The second kappa shape index (κ2) is 9.18. The van der Waals surface area contributed by atoms with Crippen LogP contribution in [0.25, 0.3) is 0 Å². The highest BCUT2D eigenvalue weighted by Crippen LogP contribution is 2.20. The molecule has 4 nitrogen and oxygen atoms in total. The van der Waals surface area contributed by atoms with Crippen molar-refractivity contribution in [3.63, 3.8) is 0 Å². The molecule has 0 bridgehead atoms. The van der Waals surface area contributed by atoms with Gasteiger partial charge in [-0.3, -0.25) is 4.79 Å². The number of para-hydroxylation sites is 1. The molecule has 0 spiro atoms. The van der Waals surface area contributed by atoms with E-state index in [0.717, 1.165) is 17.1 Å². The topological polar surface area (TPSA) is 67.2 Å². The summed E-state index contributed by atoms with van der Waals surface area (Å²) in [5, 5.41) is 6.17. The fourth-order valence-electron chi connectivity index (χ4n) is 2.21. The predicted molar refractivity (Wildman–Crippen MR) is 99.5 cm³/mol. The Bertz CT molecular complexity index is 617. The van der Waals surface area contributed by atoms with E-state index in [9.17, 15) is 4.79 Å². The summed E-state index contributed by atoms with van der Waals surface area (Å²) >= 11 is 0. The van der Waals surface area contributed by atoms with E-state index >= 15 is 0 Å². The molecule has 0 aliphatic carbocycles. The first-order chi connectivity index (χ1) is 10.5. The van der Waals surface area contributed by atoms with Crippen LogP contribution in [0.15, 0.2) is 54.6 Å². The van der Waals surface area contributed by atoms with Crippen molar-refractivity contribution >= 4 is 35.4 Å². The van der Waals surface area contributed by atoms with Gasteiger partial charge in [0.1, 0.15) is 0 Å². The molecule has 2 rings (SSSR count). The molecular formula is C18H24ClN3O. The van der Waals surface area contributed by atoms with Crippen LogP contribution in [-0.4, -0.2) is 11.9 Å². The number of amides is 1. The molecule has 0 saturated heterocycles. The molecule has 124 valence electrons. The van der Waals surface area contributed by atoms with Gasteiger partial charge in [-0.25, -0.2) is 0 Å². The molecule has 0 radical (unpaired) electrons. The first-order valence-electron chi connectivity index (χ1n) is 7.53. The van der Waals surface area contributed by atoms with E-state index in [1.807, 2.05) is 54.6 Å². The highest BCUT2D eigenvalue weighted by Gasteiger charge is 2.15. The van der Waals surface area contributed by atoms with Crippen molar-refractivity contribution in [1.82, 2.24) is 0 Å². The van der Waals surface area contributed by atoms with Gasteiger partial charge in [0.15, 0.2) is 0 Å². The van der Waals surface area contributed by atoms with Crippen LogP contribution in [-0.2, 0) is 4.79 Å². The first kappa shape index (κ1) is 19.0. The molecule has 1 atom stereocenters. The molecule has 2 aromatic rings. The van der Waals surface area contributed by atoms with Gasteiger partial charge in [-0.1, -0.05) is 38.1 Å². The lowest BCUT2D eigenvalue weighted by Crippen LogP contribution is -2.36. The molecule has 0 aliphatic heterocycles. The summed E-state index contributed by atoms with van der Waals surface area (Å²) in [7, 11) is 0. The number of hydrogen-bond donors (Lipinski definition) is 3. The number of nitrogens with two attached hydrogens (primary N) is 1. The van der Waals surface area contributed by atoms with Crippen molar-refractivity contribution in [1.29, 1.82) is 0 Å². The molecule has 0 heterocycles. The average molecular weight is 334 g/mol. The van der Waals surface area contributed by atoms with Gasteiger partial charge in [0, 0.05) is 17.1 Å². The molecule has 0 unspecified atom stereocenters. The van der Waals surface area contributed by atoms with E-state index in [-0.39, 0.29) is 18.3 Å². The van der Waals surface area contributed by atoms with Crippen molar-refractivity contribution in [2.45, 2.75) is 26.3 Å². The zero-order valence-corrected chi connectivity index (χ0v) is 14.3. The average Bonchev–Trinajstić information content (AvgIpc) is 2.48. The second-order valence-electron chi connectivity index (χ2n) is 5.80. The minimum absolute atomic E-state index is 0. The number of hydrogen-bond acceptors (Lipinski definition) is 3. The van der Waals surface area contributed by atoms with Gasteiger partial charge in [-0.2, -0.15) is 0 Å². The van der Waals surface area contributed by atoms with Crippen LogP contribution in [0.2, 0.25) is 0 Å². The van der Waals surface area contributed by atoms with Crippen LogP contribution in [0.4, 0.5) is 17.1 Å². The largest absolute Gasteiger partial charge is 0.355 e. The number of halogens is 1. The van der Waals surface area contributed by atoms with Crippen LogP contribution in [0.1, 0.15) is 20.3 Å². The number of carbonyl (C=O) groups is 1. The molecule has 4 N–H and O–H groups in total. The lowest BCUT2D eigenvalue weighted by atomic mass is 10.0. The third kappa shape index (κ3) is 6.30. The molecule has 5 heteroatoms. The Kier molecular flexibility index (Phi) is 7.59. The van der Waals surface area contributed by atoms with Gasteiger partial charge in [0.05, 0.1) is 6.04 Å². The number of anilines is 3. The zero-order valence-electron chi connectivity index (χ0n) is 13.5. The van der Waals surface area contributed by atoms with E-state index in [1.165, 1.54) is 0 Å². The molecule has 0 saturated carbocycles. The van der Waals surface area contributed by atoms with Crippen molar-refractivity contribution in [3.05, 3.63) is 54.6 Å². The Hall–Kier alpha value is -2.04. The predicted octanol–water partition coefficient (Wildman–Crippen LogP) is 4.16. The van der Waals surface area contributed by atoms with E-state index in [2.05, 4.69) is 24.5 Å². The van der Waals surface area contributed by atoms with E-state index in [0.29, 0.717) is 12.3 Å². The maximum atomic E-state index is 12.1. The Morgan fingerprint density at radius 2 is 1.61 bits per heavy atom. The Balaban J connectivity index is 0.00000264. The van der Waals surface area contributed by atoms with Crippen LogP contribution >= 0.6 is 12.4 Å². The maximum Gasteiger partial charge on any atom is 0.241 e. The summed E-state index contributed by atoms with van der Waals surface area (Å²) in [5.41, 5.74) is 8.56. The molecule has 1 amide bonds. The highest BCUT2D eigenvalue weighted by atomic mass is 35.5. The quantitative estimate of drug-likeness (QED) is 0.743. The monoisotopic (exact) mass is 333 g/mol. The van der Waals surface area contributed by atoms with Gasteiger partial charge < -0.3 is 16.4 Å². The first-order valence-corrected chi connectivity index (χ1v) is 7.53. The lowest BCUT2D eigenvalue weighted by Gasteiger charge is -2.15. The summed E-state index contributed by atoms with van der Waals surface area (Å²) < 4.78 is 0. The smallest absolute Gasteiger partial charge is 0.241 e. The second-order valence-corrected chi connectivity index (χ2v) is 5.80. The summed E-state index contributed by atoms with van der Waals surface area (Å²) in [6, 6.07) is 17.0. The molecule has 23 heavy (non-hydrogen) atoms. The fraction of sp³-hybridized carbons (Fsp3) is 0.278. The molecular weight excluding hydrogens is 310 g/mol. The number of nitrogens with one attached hydrogen (secondary N) is 2. The number of benzene rings is 2. The third-order valence-corrected chi connectivity index (χ3v) is 3.25. The van der Waals surface area contributed by atoms with E-state index in [1.54, 1.807) is 0 Å². The summed E-state index contributed by atoms with van der Waals surface area (Å²) in [6.07, 6.45) is 0.674. The van der Waals surface area contributed by atoms with Gasteiger partial charge in [-0.15, -0.1) is 12.4 Å². The Morgan fingerprint density at radius 1 is 1.00 bits per heavy atom. The normalized spacial score (nSPS) is 11.5. The van der Waals surface area contributed by atoms with Crippen LogP contribution in [0.5, 0.6) is 0 Å². The van der Waals surface area contributed by atoms with Crippen LogP contribution < -0.4 is 16.4 Å². The molecule has 0 aromatic heterocycles. The standard InChI is InChI=1S/C18H23N3O.ClH/c1-13(2)11-17(19)18(22)21-16-10-6-9-15(12-16)20-14-7-4-3-5-8-14;/h3-10,12-13,17,20H,11,19H2,1-2H3,(H,21,22);1H/t17-;/m0./s1. The minimum atomic E-state index is -0.481. The number of carbonyl (C=O) groups excluding carboxylic acids is 1. The van der Waals surface area contributed by atoms with E-state index in [4.69, 9.17) is 5.73 Å². The fourth-order valence-corrected chi connectivity index (χ4v) is 2.21. The van der Waals surface area contributed by atoms with E-state index < -0.39 is 6.04 Å². The van der Waals surface area contributed by atoms with Crippen molar-refractivity contribution in [2.24, 2.45) is 11.7 Å². The third-order valence-electron chi connectivity index (χ3n) is 3.25. The van der Waals surface area contributed by atoms with Gasteiger partial charge >= 0.3 is 0 Å². The summed E-state index contributed by atoms with van der Waals surface area (Å²) in [4.78, 5) is 12.1. The SMILES string of the molecule is CC(C)C[C@H](N)C(=O)Nc1cccc(Nc2ccccc2)c1.Cl. The molecule has 0 fully saturated rings. The van der Waals surface area contributed by atoms with Crippen molar-refractivity contribution < 1.29 is 4.79 Å². The van der Waals surface area contributed by atoms with Gasteiger partial charge in [-0.05, 0) is 42.7 Å².